The summed E-state index contributed by atoms with van der Waals surface area (Å²) in [7, 11) is 0. The zero-order chi connectivity index (χ0) is 27.6. The van der Waals surface area contributed by atoms with Gasteiger partial charge in [-0.05, 0) is 49.8 Å². The second kappa shape index (κ2) is 8.88. The number of anilines is 1. The number of aliphatic hydroxyl groups is 1. The summed E-state index contributed by atoms with van der Waals surface area (Å²) >= 11 is 0. The minimum Gasteiger partial charge on any atom is -0.386 e. The zero-order valence-corrected chi connectivity index (χ0v) is 21.1. The summed E-state index contributed by atoms with van der Waals surface area (Å²) in [5.74, 6) is -1.10. The second-order valence-electron chi connectivity index (χ2n) is 10.8. The van der Waals surface area contributed by atoms with E-state index in [1.54, 1.807) is 18.2 Å². The Morgan fingerprint density at radius 1 is 1.21 bits per heavy atom. The molecule has 11 nitrogen and oxygen atoms in total. The number of hydrogen-bond donors (Lipinski definition) is 3. The van der Waals surface area contributed by atoms with Crippen molar-refractivity contribution in [3.63, 3.8) is 0 Å². The number of rotatable bonds is 2. The number of piperidine rings is 1. The number of nitrogens with zero attached hydrogens (tertiary/aromatic N) is 6. The number of halogens is 3. The third kappa shape index (κ3) is 4.46. The highest BCUT2D eigenvalue weighted by atomic mass is 19.4. The molecule has 6 rings (SSSR count). The molecule has 2 atom stereocenters. The summed E-state index contributed by atoms with van der Waals surface area (Å²) in [5.41, 5.74) is 6.02. The molecule has 206 valence electrons. The quantitative estimate of drug-likeness (QED) is 0.349. The highest BCUT2D eigenvalue weighted by Crippen LogP contribution is 2.46. The van der Waals surface area contributed by atoms with Crippen LogP contribution in [0.15, 0.2) is 30.9 Å². The molecule has 0 saturated carbocycles. The Balaban J connectivity index is 1.22. The average molecular weight is 545 g/mol. The lowest BCUT2D eigenvalue weighted by Crippen LogP contribution is -2.46. The lowest BCUT2D eigenvalue weighted by Gasteiger charge is -2.43. The van der Waals surface area contributed by atoms with Crippen LogP contribution in [0.1, 0.15) is 48.4 Å². The van der Waals surface area contributed by atoms with E-state index in [1.165, 1.54) is 24.5 Å². The molecule has 2 fully saturated rings. The number of nitrogens with one attached hydrogen (secondary N) is 1. The molecule has 0 bridgehead atoms. The third-order valence-corrected chi connectivity index (χ3v) is 7.98. The number of fused-ring (bicyclic) bond motifs is 2. The molecule has 4 aromatic rings. The van der Waals surface area contributed by atoms with Gasteiger partial charge in [0.15, 0.2) is 11.5 Å². The monoisotopic (exact) mass is 544 g/mol. The minimum atomic E-state index is -4.60. The van der Waals surface area contributed by atoms with Crippen molar-refractivity contribution in [2.75, 3.05) is 32.0 Å². The Morgan fingerprint density at radius 2 is 1.97 bits per heavy atom. The zero-order valence-electron chi connectivity index (χ0n) is 21.1. The maximum absolute atomic E-state index is 13.3. The maximum atomic E-state index is 13.3. The van der Waals surface area contributed by atoms with E-state index in [1.807, 2.05) is 4.57 Å². The van der Waals surface area contributed by atoms with Crippen LogP contribution in [0, 0.1) is 5.41 Å². The van der Waals surface area contributed by atoms with Crippen molar-refractivity contribution in [1.82, 2.24) is 34.4 Å². The van der Waals surface area contributed by atoms with Crippen LogP contribution in [-0.4, -0.2) is 77.3 Å². The number of aromatic nitrogens is 6. The molecule has 14 heteroatoms. The number of aromatic amines is 1. The number of nitrogen functional groups attached to an aromatic ring is 1. The van der Waals surface area contributed by atoms with E-state index < -0.39 is 23.6 Å². The lowest BCUT2D eigenvalue weighted by atomic mass is 9.72. The SMILES string of the molecule is C[C@@]1(O)COCC2(CCN(C(=O)c3ccc4nc(C(F)(F)F)[nH]c4c3)CC2)C[C@H]1n1cnc2c(N)ncnc21. The van der Waals surface area contributed by atoms with Gasteiger partial charge in [-0.2, -0.15) is 13.2 Å². The van der Waals surface area contributed by atoms with Crippen LogP contribution in [0.4, 0.5) is 19.0 Å². The van der Waals surface area contributed by atoms with Gasteiger partial charge in [0.05, 0.1) is 36.6 Å². The van der Waals surface area contributed by atoms with E-state index in [0.29, 0.717) is 50.1 Å². The summed E-state index contributed by atoms with van der Waals surface area (Å²) in [4.78, 5) is 33.5. The summed E-state index contributed by atoms with van der Waals surface area (Å²) in [6.07, 6.45) is 0.192. The van der Waals surface area contributed by atoms with Gasteiger partial charge in [-0.1, -0.05) is 0 Å². The number of ether oxygens (including phenoxy) is 1. The van der Waals surface area contributed by atoms with Crippen LogP contribution < -0.4 is 5.73 Å². The number of imidazole rings is 2. The molecule has 0 unspecified atom stereocenters. The van der Waals surface area contributed by atoms with E-state index in [0.717, 1.165) is 0 Å². The average Bonchev–Trinajstić information content (AvgIpc) is 3.49. The van der Waals surface area contributed by atoms with Gasteiger partial charge in [-0.3, -0.25) is 4.79 Å². The first-order chi connectivity index (χ1) is 18.5. The molecule has 0 radical (unpaired) electrons. The van der Waals surface area contributed by atoms with Gasteiger partial charge in [0.1, 0.15) is 17.4 Å². The van der Waals surface area contributed by atoms with Crippen molar-refractivity contribution in [2.45, 2.75) is 44.0 Å². The normalized spacial score (nSPS) is 23.9. The highest BCUT2D eigenvalue weighted by molar-refractivity contribution is 5.97. The molecular formula is C25H27F3N8O3. The van der Waals surface area contributed by atoms with Crippen molar-refractivity contribution < 1.29 is 27.8 Å². The van der Waals surface area contributed by atoms with Crippen LogP contribution in [0.25, 0.3) is 22.2 Å². The van der Waals surface area contributed by atoms with Crippen LogP contribution in [0.2, 0.25) is 0 Å². The molecule has 1 amide bonds. The Labute approximate surface area is 220 Å². The van der Waals surface area contributed by atoms with Gasteiger partial charge in [-0.15, -0.1) is 0 Å². The standard InChI is InChI=1S/C25H27F3N8O3/c1-23(38)10-39-11-24(9-17(23)36-13-32-18-19(29)30-12-31-20(18)36)4-6-35(7-5-24)21(37)14-2-3-15-16(8-14)34-22(33-15)25(26,27)28/h2-3,8,12-13,17,38H,4-7,9-11H2,1H3,(H,33,34)(H2,29,30,31)/t17-,23-/m1/s1. The number of likely N-dealkylation sites (tertiary alicyclic amines) is 1. The van der Waals surface area contributed by atoms with Crippen molar-refractivity contribution in [3.8, 4) is 0 Å². The first kappa shape index (κ1) is 25.5. The fourth-order valence-electron chi connectivity index (χ4n) is 5.75. The van der Waals surface area contributed by atoms with Gasteiger partial charge in [0.25, 0.3) is 5.91 Å². The first-order valence-electron chi connectivity index (χ1n) is 12.6. The van der Waals surface area contributed by atoms with Crippen LogP contribution in [0.3, 0.4) is 0 Å². The van der Waals surface area contributed by atoms with E-state index >= 15 is 0 Å². The third-order valence-electron chi connectivity index (χ3n) is 7.98. The predicted octanol–water partition coefficient (Wildman–Crippen LogP) is 2.94. The molecule has 1 aromatic carbocycles. The van der Waals surface area contributed by atoms with Gasteiger partial charge >= 0.3 is 6.18 Å². The Kier molecular flexibility index (Phi) is 5.80. The van der Waals surface area contributed by atoms with Crippen LogP contribution in [-0.2, 0) is 10.9 Å². The molecule has 1 spiro atoms. The second-order valence-corrected chi connectivity index (χ2v) is 10.8. The summed E-state index contributed by atoms with van der Waals surface area (Å²) < 4.78 is 46.9. The van der Waals surface area contributed by atoms with Gasteiger partial charge < -0.3 is 30.0 Å². The lowest BCUT2D eigenvalue weighted by molar-refractivity contribution is -0.144. The smallest absolute Gasteiger partial charge is 0.386 e. The number of amides is 1. The molecule has 2 aliphatic rings. The number of H-pyrrole nitrogens is 1. The van der Waals surface area contributed by atoms with Crippen molar-refractivity contribution in [2.24, 2.45) is 5.41 Å². The van der Waals surface area contributed by atoms with Crippen molar-refractivity contribution >= 4 is 33.9 Å². The van der Waals surface area contributed by atoms with Crippen LogP contribution in [0.5, 0.6) is 0 Å². The molecule has 5 heterocycles. The molecule has 39 heavy (non-hydrogen) atoms. The van der Waals surface area contributed by atoms with Crippen molar-refractivity contribution in [1.29, 1.82) is 0 Å². The molecule has 0 aliphatic carbocycles. The number of benzene rings is 1. The number of alkyl halides is 3. The number of nitrogens with two attached hydrogens (primary N) is 1. The van der Waals surface area contributed by atoms with Gasteiger partial charge in [0, 0.05) is 18.7 Å². The van der Waals surface area contributed by atoms with Crippen molar-refractivity contribution in [3.05, 3.63) is 42.2 Å². The largest absolute Gasteiger partial charge is 0.449 e. The number of carbonyl (C=O) groups is 1. The Bertz CT molecular complexity index is 1560. The Hall–Kier alpha value is -3.78. The number of hydrogen-bond acceptors (Lipinski definition) is 8. The summed E-state index contributed by atoms with van der Waals surface area (Å²) in [6, 6.07) is 3.91. The minimum absolute atomic E-state index is 0.117. The molecule has 2 saturated heterocycles. The van der Waals surface area contributed by atoms with E-state index in [2.05, 4.69) is 24.9 Å². The fraction of sp³-hybridized carbons (Fsp3) is 0.480. The van der Waals surface area contributed by atoms with Gasteiger partial charge in [-0.25, -0.2) is 19.9 Å². The fourth-order valence-corrected chi connectivity index (χ4v) is 5.75. The molecule has 4 N–H and O–H groups in total. The van der Waals surface area contributed by atoms with E-state index in [4.69, 9.17) is 10.5 Å². The predicted molar refractivity (Wildman–Crippen MR) is 133 cm³/mol. The maximum Gasteiger partial charge on any atom is 0.449 e. The van der Waals surface area contributed by atoms with E-state index in [9.17, 15) is 23.1 Å². The molecular weight excluding hydrogens is 517 g/mol. The molecule has 2 aliphatic heterocycles. The molecule has 3 aromatic heterocycles. The first-order valence-corrected chi connectivity index (χ1v) is 12.6. The topological polar surface area (TPSA) is 148 Å². The summed E-state index contributed by atoms with van der Waals surface area (Å²) in [5, 5.41) is 11.4. The van der Waals surface area contributed by atoms with E-state index in [-0.39, 0.29) is 40.3 Å². The van der Waals surface area contributed by atoms with Crippen LogP contribution >= 0.6 is 0 Å². The number of carbonyl (C=O) groups excluding carboxylic acids is 1. The highest BCUT2D eigenvalue weighted by Gasteiger charge is 2.47. The Morgan fingerprint density at radius 3 is 2.72 bits per heavy atom. The van der Waals surface area contributed by atoms with Gasteiger partial charge in [0.2, 0.25) is 5.82 Å². The summed E-state index contributed by atoms with van der Waals surface area (Å²) in [6.45, 7) is 3.14.